The molecule has 0 unspecified atom stereocenters. The van der Waals surface area contributed by atoms with E-state index < -0.39 is 0 Å². The van der Waals surface area contributed by atoms with Crippen molar-refractivity contribution >= 4 is 5.91 Å². The molecule has 0 bridgehead atoms. The Labute approximate surface area is 128 Å². The van der Waals surface area contributed by atoms with Crippen LogP contribution in [0.4, 0.5) is 0 Å². The number of hydrogen-bond acceptors (Lipinski definition) is 4. The van der Waals surface area contributed by atoms with E-state index in [1.807, 2.05) is 18.4 Å². The number of rotatable bonds is 2. The molecule has 0 aliphatic carbocycles. The minimum Gasteiger partial charge on any atom is -0.338 e. The third kappa shape index (κ3) is 2.66. The van der Waals surface area contributed by atoms with Crippen LogP contribution >= 0.6 is 0 Å². The number of aryl methyl sites for hydroxylation is 2. The van der Waals surface area contributed by atoms with Crippen LogP contribution < -0.4 is 5.56 Å². The Morgan fingerprint density at radius 2 is 1.86 bits per heavy atom. The Kier molecular flexibility index (Phi) is 3.79. The van der Waals surface area contributed by atoms with Crippen molar-refractivity contribution in [2.45, 2.75) is 32.7 Å². The Hall–Kier alpha value is -2.44. The third-order valence-electron chi connectivity index (χ3n) is 4.34. The molecule has 2 aromatic rings. The summed E-state index contributed by atoms with van der Waals surface area (Å²) in [7, 11) is 0. The number of carbonyl (C=O) groups excluding carboxylic acids is 1. The second kappa shape index (κ2) is 5.75. The molecule has 1 N–H and O–H groups in total. The zero-order valence-corrected chi connectivity index (χ0v) is 12.7. The van der Waals surface area contributed by atoms with Gasteiger partial charge < -0.3 is 14.5 Å². The van der Waals surface area contributed by atoms with E-state index >= 15 is 0 Å². The van der Waals surface area contributed by atoms with Crippen LogP contribution in [0.3, 0.4) is 0 Å². The molecule has 116 valence electrons. The van der Waals surface area contributed by atoms with Crippen molar-refractivity contribution in [1.29, 1.82) is 0 Å². The molecule has 3 heterocycles. The summed E-state index contributed by atoms with van der Waals surface area (Å²) < 4.78 is 1.98. The van der Waals surface area contributed by atoms with E-state index in [1.54, 1.807) is 23.6 Å². The van der Waals surface area contributed by atoms with Crippen LogP contribution in [0.2, 0.25) is 0 Å². The molecule has 3 rings (SSSR count). The smallest absolute Gasteiger partial charge is 0.261 e. The summed E-state index contributed by atoms with van der Waals surface area (Å²) in [6.07, 6.45) is 5.09. The number of hydrogen-bond donors (Lipinski definition) is 1. The number of nitrogens with zero attached hydrogens (tertiary/aromatic N) is 4. The van der Waals surface area contributed by atoms with Gasteiger partial charge in [0.15, 0.2) is 0 Å². The number of pyridine rings is 1. The summed E-state index contributed by atoms with van der Waals surface area (Å²) in [6.45, 7) is 4.98. The van der Waals surface area contributed by atoms with Gasteiger partial charge in [0.05, 0.1) is 0 Å². The lowest BCUT2D eigenvalue weighted by molar-refractivity contribution is 0.0692. The van der Waals surface area contributed by atoms with Gasteiger partial charge in [0.1, 0.15) is 18.2 Å². The number of piperidine rings is 1. The van der Waals surface area contributed by atoms with Gasteiger partial charge in [-0.1, -0.05) is 0 Å². The molecule has 1 saturated heterocycles. The summed E-state index contributed by atoms with van der Waals surface area (Å²) in [5.74, 6) is -0.188. The molecule has 0 atom stereocenters. The van der Waals surface area contributed by atoms with E-state index in [1.165, 1.54) is 0 Å². The highest BCUT2D eigenvalue weighted by molar-refractivity contribution is 5.94. The molecule has 0 spiro atoms. The van der Waals surface area contributed by atoms with E-state index in [4.69, 9.17) is 0 Å². The zero-order chi connectivity index (χ0) is 15.7. The summed E-state index contributed by atoms with van der Waals surface area (Å²) in [5, 5.41) is 7.63. The topological polar surface area (TPSA) is 83.9 Å². The first-order valence-electron chi connectivity index (χ1n) is 7.40. The first kappa shape index (κ1) is 14.5. The van der Waals surface area contributed by atoms with Crippen LogP contribution in [0.25, 0.3) is 0 Å². The van der Waals surface area contributed by atoms with Gasteiger partial charge in [0.2, 0.25) is 0 Å². The van der Waals surface area contributed by atoms with Crippen molar-refractivity contribution in [3.05, 3.63) is 45.9 Å². The summed E-state index contributed by atoms with van der Waals surface area (Å²) in [4.78, 5) is 29.0. The molecule has 1 amide bonds. The maximum atomic E-state index is 12.6. The molecular formula is C15H19N5O2. The van der Waals surface area contributed by atoms with Crippen LogP contribution in [0.5, 0.6) is 0 Å². The second-order valence-corrected chi connectivity index (χ2v) is 5.75. The van der Waals surface area contributed by atoms with Gasteiger partial charge in [-0.05, 0) is 38.3 Å². The molecule has 0 saturated carbocycles. The normalized spacial score (nSPS) is 16.0. The Balaban J connectivity index is 1.72. The SMILES string of the molecule is Cc1cc(C(=O)N2CCC(n3cnnc3)CC2)c(=O)[nH]c1C. The third-order valence-corrected chi connectivity index (χ3v) is 4.34. The lowest BCUT2D eigenvalue weighted by Gasteiger charge is -2.32. The highest BCUT2D eigenvalue weighted by Crippen LogP contribution is 2.22. The molecule has 1 aliphatic heterocycles. The monoisotopic (exact) mass is 301 g/mol. The van der Waals surface area contributed by atoms with Crippen molar-refractivity contribution in [3.8, 4) is 0 Å². The van der Waals surface area contributed by atoms with Crippen LogP contribution in [-0.2, 0) is 0 Å². The molecule has 1 aliphatic rings. The van der Waals surface area contributed by atoms with Crippen LogP contribution in [-0.4, -0.2) is 43.6 Å². The number of H-pyrrole nitrogens is 1. The van der Waals surface area contributed by atoms with Gasteiger partial charge in [0, 0.05) is 24.8 Å². The minimum absolute atomic E-state index is 0.188. The lowest BCUT2D eigenvalue weighted by atomic mass is 10.0. The average Bonchev–Trinajstić information content (AvgIpc) is 3.05. The Morgan fingerprint density at radius 1 is 1.23 bits per heavy atom. The van der Waals surface area contributed by atoms with Crippen molar-refractivity contribution in [2.24, 2.45) is 0 Å². The van der Waals surface area contributed by atoms with Gasteiger partial charge in [-0.2, -0.15) is 0 Å². The number of likely N-dealkylation sites (tertiary alicyclic amines) is 1. The van der Waals surface area contributed by atoms with E-state index in [-0.39, 0.29) is 17.0 Å². The lowest BCUT2D eigenvalue weighted by Crippen LogP contribution is -2.41. The molecule has 7 heteroatoms. The average molecular weight is 301 g/mol. The summed E-state index contributed by atoms with van der Waals surface area (Å²) in [6, 6.07) is 2.00. The summed E-state index contributed by atoms with van der Waals surface area (Å²) in [5.41, 5.74) is 1.63. The fraction of sp³-hybridized carbons (Fsp3) is 0.467. The quantitative estimate of drug-likeness (QED) is 0.899. The van der Waals surface area contributed by atoms with Crippen LogP contribution in [0, 0.1) is 13.8 Å². The van der Waals surface area contributed by atoms with Gasteiger partial charge in [-0.25, -0.2) is 0 Å². The zero-order valence-electron chi connectivity index (χ0n) is 12.7. The summed E-state index contributed by atoms with van der Waals surface area (Å²) >= 11 is 0. The van der Waals surface area contributed by atoms with E-state index in [0.717, 1.165) is 24.1 Å². The van der Waals surface area contributed by atoms with Crippen LogP contribution in [0.15, 0.2) is 23.5 Å². The molecule has 2 aromatic heterocycles. The van der Waals surface area contributed by atoms with Crippen molar-refractivity contribution in [1.82, 2.24) is 24.6 Å². The predicted octanol–water partition coefficient (Wildman–Crippen LogP) is 1.06. The molecule has 22 heavy (non-hydrogen) atoms. The van der Waals surface area contributed by atoms with Crippen molar-refractivity contribution in [2.75, 3.05) is 13.1 Å². The maximum Gasteiger partial charge on any atom is 0.261 e. The second-order valence-electron chi connectivity index (χ2n) is 5.75. The first-order chi connectivity index (χ1) is 10.6. The number of carbonyl (C=O) groups is 1. The van der Waals surface area contributed by atoms with E-state index in [0.29, 0.717) is 19.1 Å². The van der Waals surface area contributed by atoms with Crippen molar-refractivity contribution < 1.29 is 4.79 Å². The van der Waals surface area contributed by atoms with Gasteiger partial charge >= 0.3 is 0 Å². The fourth-order valence-corrected chi connectivity index (χ4v) is 2.82. The largest absolute Gasteiger partial charge is 0.338 e. The molecule has 1 fully saturated rings. The number of nitrogens with one attached hydrogen (secondary N) is 1. The standard InChI is InChI=1S/C15H19N5O2/c1-10-7-13(14(21)18-11(10)2)15(22)19-5-3-12(4-6-19)20-8-16-17-9-20/h7-9,12H,3-6H2,1-2H3,(H,18,21). The highest BCUT2D eigenvalue weighted by Gasteiger charge is 2.26. The Morgan fingerprint density at radius 3 is 2.50 bits per heavy atom. The van der Waals surface area contributed by atoms with Crippen LogP contribution in [0.1, 0.15) is 40.5 Å². The number of aromatic amines is 1. The Bertz CT molecular complexity index is 727. The highest BCUT2D eigenvalue weighted by atomic mass is 16.2. The number of aromatic nitrogens is 4. The van der Waals surface area contributed by atoms with Gasteiger partial charge in [-0.3, -0.25) is 9.59 Å². The molecule has 0 radical (unpaired) electrons. The van der Waals surface area contributed by atoms with Gasteiger partial charge in [-0.15, -0.1) is 10.2 Å². The van der Waals surface area contributed by atoms with Crippen molar-refractivity contribution in [3.63, 3.8) is 0 Å². The van der Waals surface area contributed by atoms with Gasteiger partial charge in [0.25, 0.3) is 11.5 Å². The molecule has 0 aromatic carbocycles. The minimum atomic E-state index is -0.311. The predicted molar refractivity (Wildman–Crippen MR) is 80.7 cm³/mol. The van der Waals surface area contributed by atoms with E-state index in [2.05, 4.69) is 15.2 Å². The fourth-order valence-electron chi connectivity index (χ4n) is 2.82. The van der Waals surface area contributed by atoms with E-state index in [9.17, 15) is 9.59 Å². The molecule has 7 nitrogen and oxygen atoms in total. The number of amides is 1. The molecular weight excluding hydrogens is 282 g/mol. The maximum absolute atomic E-state index is 12.6. The first-order valence-corrected chi connectivity index (χ1v) is 7.40.